The van der Waals surface area contributed by atoms with Crippen molar-refractivity contribution in [2.75, 3.05) is 5.32 Å². The lowest BCUT2D eigenvalue weighted by molar-refractivity contribution is 0.0976. The van der Waals surface area contributed by atoms with Gasteiger partial charge < -0.3 is 5.32 Å². The van der Waals surface area contributed by atoms with Crippen molar-refractivity contribution in [2.24, 2.45) is 0 Å². The zero-order valence-electron chi connectivity index (χ0n) is 17.8. The number of Topliss-reactive ketones (excluding diaryl/α,β-unsaturated/α-hetero) is 1. The van der Waals surface area contributed by atoms with Crippen molar-refractivity contribution >= 4 is 33.8 Å². The lowest BCUT2D eigenvalue weighted by Gasteiger charge is -2.21. The van der Waals surface area contributed by atoms with Crippen molar-refractivity contribution in [3.8, 4) is 0 Å². The molecule has 31 heavy (non-hydrogen) atoms. The van der Waals surface area contributed by atoms with Crippen LogP contribution in [0.1, 0.15) is 53.7 Å². The maximum absolute atomic E-state index is 13.2. The summed E-state index contributed by atoms with van der Waals surface area (Å²) in [6.07, 6.45) is 0.363. The summed E-state index contributed by atoms with van der Waals surface area (Å²) in [5, 5.41) is 6.44. The van der Waals surface area contributed by atoms with E-state index in [1.54, 1.807) is 0 Å². The fraction of sp³-hybridized carbons (Fsp3) is 0.179. The first-order valence-corrected chi connectivity index (χ1v) is 11.0. The summed E-state index contributed by atoms with van der Waals surface area (Å²) < 4.78 is 0. The Morgan fingerprint density at radius 3 is 2.13 bits per heavy atom. The summed E-state index contributed by atoms with van der Waals surface area (Å²) >= 11 is 6.04. The topological polar surface area (TPSA) is 29.1 Å². The second kappa shape index (κ2) is 9.36. The normalized spacial score (nSPS) is 12.1. The molecule has 0 bridgehead atoms. The van der Waals surface area contributed by atoms with Gasteiger partial charge in [-0.15, -0.1) is 0 Å². The first kappa shape index (κ1) is 21.1. The van der Waals surface area contributed by atoms with Crippen molar-refractivity contribution in [1.29, 1.82) is 0 Å². The third-order valence-electron chi connectivity index (χ3n) is 5.65. The van der Waals surface area contributed by atoms with Crippen LogP contribution in [0.4, 0.5) is 5.69 Å². The zero-order valence-corrected chi connectivity index (χ0v) is 18.6. The Morgan fingerprint density at radius 2 is 1.45 bits per heavy atom. The van der Waals surface area contributed by atoms with Gasteiger partial charge in [0.2, 0.25) is 0 Å². The van der Waals surface area contributed by atoms with Crippen LogP contribution in [-0.4, -0.2) is 5.78 Å². The molecule has 4 aromatic carbocycles. The Labute approximate surface area is 188 Å². The van der Waals surface area contributed by atoms with Gasteiger partial charge in [0, 0.05) is 22.7 Å². The molecule has 4 aromatic rings. The Kier molecular flexibility index (Phi) is 6.39. The molecule has 156 valence electrons. The molecule has 1 atom stereocenters. The molecule has 0 fully saturated rings. The molecule has 0 spiro atoms. The number of hydrogen-bond acceptors (Lipinski definition) is 2. The highest BCUT2D eigenvalue weighted by atomic mass is 35.5. The van der Waals surface area contributed by atoms with Crippen LogP contribution in [0.15, 0.2) is 91.0 Å². The van der Waals surface area contributed by atoms with E-state index >= 15 is 0 Å². The standard InChI is InChI=1S/C28H26ClNO/c1-19(2)20-7-10-22(11-8-20)27(30-26-15-13-25(29)14-16-26)18-28(31)24-12-9-21-5-3-4-6-23(21)17-24/h3-17,19,27,30H,18H2,1-2H3. The van der Waals surface area contributed by atoms with Crippen LogP contribution in [0.2, 0.25) is 5.02 Å². The fourth-order valence-corrected chi connectivity index (χ4v) is 3.90. The molecule has 1 N–H and O–H groups in total. The SMILES string of the molecule is CC(C)c1ccc(C(CC(=O)c2ccc3ccccc3c2)Nc2ccc(Cl)cc2)cc1. The Morgan fingerprint density at radius 1 is 0.806 bits per heavy atom. The van der Waals surface area contributed by atoms with Gasteiger partial charge in [0.05, 0.1) is 6.04 Å². The molecule has 3 heteroatoms. The van der Waals surface area contributed by atoms with Crippen molar-refractivity contribution in [3.05, 3.63) is 113 Å². The van der Waals surface area contributed by atoms with E-state index in [2.05, 4.69) is 49.5 Å². The van der Waals surface area contributed by atoms with Crippen LogP contribution in [-0.2, 0) is 0 Å². The number of carbonyl (C=O) groups is 1. The molecular weight excluding hydrogens is 402 g/mol. The van der Waals surface area contributed by atoms with Gasteiger partial charge in [0.15, 0.2) is 5.78 Å². The summed E-state index contributed by atoms with van der Waals surface area (Å²) in [6.45, 7) is 4.36. The van der Waals surface area contributed by atoms with E-state index in [1.807, 2.05) is 60.7 Å². The number of carbonyl (C=O) groups excluding carboxylic acids is 1. The van der Waals surface area contributed by atoms with E-state index in [-0.39, 0.29) is 11.8 Å². The number of ketones is 1. The summed E-state index contributed by atoms with van der Waals surface area (Å²) in [7, 11) is 0. The van der Waals surface area contributed by atoms with Crippen LogP contribution in [0.25, 0.3) is 10.8 Å². The minimum atomic E-state index is -0.138. The van der Waals surface area contributed by atoms with Gasteiger partial charge in [-0.25, -0.2) is 0 Å². The summed E-state index contributed by atoms with van der Waals surface area (Å²) in [4.78, 5) is 13.2. The number of rotatable bonds is 7. The second-order valence-corrected chi connectivity index (χ2v) is 8.65. The molecule has 0 amide bonds. The van der Waals surface area contributed by atoms with Crippen molar-refractivity contribution in [2.45, 2.75) is 32.2 Å². The van der Waals surface area contributed by atoms with E-state index in [1.165, 1.54) is 5.56 Å². The highest BCUT2D eigenvalue weighted by molar-refractivity contribution is 6.30. The molecule has 0 aliphatic heterocycles. The Bertz CT molecular complexity index is 1180. The minimum Gasteiger partial charge on any atom is -0.378 e. The van der Waals surface area contributed by atoms with E-state index < -0.39 is 0 Å². The van der Waals surface area contributed by atoms with E-state index in [9.17, 15) is 4.79 Å². The van der Waals surface area contributed by atoms with E-state index in [0.717, 1.165) is 27.6 Å². The number of nitrogens with one attached hydrogen (secondary N) is 1. The van der Waals surface area contributed by atoms with Gasteiger partial charge in [0.1, 0.15) is 0 Å². The number of anilines is 1. The van der Waals surface area contributed by atoms with Crippen LogP contribution < -0.4 is 5.32 Å². The van der Waals surface area contributed by atoms with Crippen molar-refractivity contribution in [3.63, 3.8) is 0 Å². The first-order valence-electron chi connectivity index (χ1n) is 10.6. The molecule has 4 rings (SSSR count). The van der Waals surface area contributed by atoms with Gasteiger partial charge in [-0.1, -0.05) is 86.1 Å². The lowest BCUT2D eigenvalue weighted by atomic mass is 9.94. The van der Waals surface area contributed by atoms with Gasteiger partial charge in [-0.3, -0.25) is 4.79 Å². The van der Waals surface area contributed by atoms with Crippen molar-refractivity contribution in [1.82, 2.24) is 0 Å². The van der Waals surface area contributed by atoms with Crippen LogP contribution in [0, 0.1) is 0 Å². The van der Waals surface area contributed by atoms with Gasteiger partial charge in [0.25, 0.3) is 0 Å². The van der Waals surface area contributed by atoms with E-state index in [0.29, 0.717) is 17.4 Å². The average Bonchev–Trinajstić information content (AvgIpc) is 2.79. The first-order chi connectivity index (χ1) is 15.0. The number of benzene rings is 4. The molecule has 0 radical (unpaired) electrons. The highest BCUT2D eigenvalue weighted by Crippen LogP contribution is 2.28. The number of fused-ring (bicyclic) bond motifs is 1. The van der Waals surface area contributed by atoms with Crippen LogP contribution >= 0.6 is 11.6 Å². The average molecular weight is 428 g/mol. The quantitative estimate of drug-likeness (QED) is 0.302. The smallest absolute Gasteiger partial charge is 0.165 e. The number of halogens is 1. The molecule has 0 saturated heterocycles. The molecule has 0 saturated carbocycles. The molecule has 0 aliphatic rings. The molecule has 1 unspecified atom stereocenters. The third-order valence-corrected chi connectivity index (χ3v) is 5.90. The molecular formula is C28H26ClNO. The predicted molar refractivity (Wildman–Crippen MR) is 131 cm³/mol. The van der Waals surface area contributed by atoms with Crippen LogP contribution in [0.3, 0.4) is 0 Å². The molecule has 0 aromatic heterocycles. The summed E-state index contributed by atoms with van der Waals surface area (Å²) in [5.74, 6) is 0.584. The molecule has 0 aliphatic carbocycles. The number of hydrogen-bond donors (Lipinski definition) is 1. The van der Waals surface area contributed by atoms with Gasteiger partial charge in [-0.2, -0.15) is 0 Å². The predicted octanol–water partition coefficient (Wildman–Crippen LogP) is 8.04. The molecule has 0 heterocycles. The van der Waals surface area contributed by atoms with Gasteiger partial charge >= 0.3 is 0 Å². The van der Waals surface area contributed by atoms with Crippen LogP contribution in [0.5, 0.6) is 0 Å². The highest BCUT2D eigenvalue weighted by Gasteiger charge is 2.18. The minimum absolute atomic E-state index is 0.116. The third kappa shape index (κ3) is 5.15. The monoisotopic (exact) mass is 427 g/mol. The summed E-state index contributed by atoms with van der Waals surface area (Å²) in [5.41, 5.74) is 4.05. The largest absolute Gasteiger partial charge is 0.378 e. The van der Waals surface area contributed by atoms with Crippen molar-refractivity contribution < 1.29 is 4.79 Å². The maximum atomic E-state index is 13.2. The van der Waals surface area contributed by atoms with E-state index in [4.69, 9.17) is 11.6 Å². The fourth-order valence-electron chi connectivity index (χ4n) is 3.78. The Balaban J connectivity index is 1.61. The molecule has 2 nitrogen and oxygen atoms in total. The van der Waals surface area contributed by atoms with Gasteiger partial charge in [-0.05, 0) is 58.1 Å². The summed E-state index contributed by atoms with van der Waals surface area (Å²) in [6, 6.07) is 30.0. The second-order valence-electron chi connectivity index (χ2n) is 8.21. The maximum Gasteiger partial charge on any atom is 0.165 e. The lowest BCUT2D eigenvalue weighted by Crippen LogP contribution is -2.16. The zero-order chi connectivity index (χ0) is 21.8. The Hall–Kier alpha value is -3.10.